The van der Waals surface area contributed by atoms with E-state index in [0.717, 1.165) is 26.0 Å². The molecule has 0 unspecified atom stereocenters. The largest absolute Gasteiger partial charge is 0.493 e. The van der Waals surface area contributed by atoms with E-state index in [-0.39, 0.29) is 0 Å². The molecular formula is C15H16Br2N2O2. The second-order valence-corrected chi connectivity index (χ2v) is 6.10. The first-order chi connectivity index (χ1) is 10.0. The van der Waals surface area contributed by atoms with Crippen molar-refractivity contribution >= 4 is 37.5 Å². The zero-order valence-corrected chi connectivity index (χ0v) is 15.2. The fourth-order valence-corrected chi connectivity index (χ4v) is 3.04. The SMILES string of the molecule is COc1cc(CNc2ccc(Br)nc2C)cc(Br)c1OC. The maximum absolute atomic E-state index is 5.35. The molecule has 0 radical (unpaired) electrons. The van der Waals surface area contributed by atoms with Gasteiger partial charge in [0, 0.05) is 6.54 Å². The number of methoxy groups -OCH3 is 2. The van der Waals surface area contributed by atoms with Crippen molar-refractivity contribution in [2.75, 3.05) is 19.5 Å². The predicted octanol–water partition coefficient (Wildman–Crippen LogP) is 4.54. The number of pyridine rings is 1. The highest BCUT2D eigenvalue weighted by Crippen LogP contribution is 2.36. The van der Waals surface area contributed by atoms with Crippen LogP contribution in [0.1, 0.15) is 11.3 Å². The summed E-state index contributed by atoms with van der Waals surface area (Å²) in [5.74, 6) is 1.40. The molecule has 112 valence electrons. The lowest BCUT2D eigenvalue weighted by atomic mass is 10.2. The Labute approximate surface area is 141 Å². The van der Waals surface area contributed by atoms with Crippen molar-refractivity contribution < 1.29 is 9.47 Å². The third-order valence-corrected chi connectivity index (χ3v) is 4.06. The van der Waals surface area contributed by atoms with Gasteiger partial charge in [0.25, 0.3) is 0 Å². The molecule has 0 saturated carbocycles. The lowest BCUT2D eigenvalue weighted by Gasteiger charge is -2.13. The second-order valence-electron chi connectivity index (χ2n) is 4.43. The molecule has 2 aromatic rings. The molecule has 0 aliphatic carbocycles. The van der Waals surface area contributed by atoms with Gasteiger partial charge in [0.15, 0.2) is 11.5 Å². The van der Waals surface area contributed by atoms with E-state index in [2.05, 4.69) is 42.2 Å². The van der Waals surface area contributed by atoms with Crippen molar-refractivity contribution in [3.05, 3.63) is 44.6 Å². The van der Waals surface area contributed by atoms with E-state index < -0.39 is 0 Å². The number of nitrogens with one attached hydrogen (secondary N) is 1. The first kappa shape index (κ1) is 16.1. The monoisotopic (exact) mass is 414 g/mol. The number of halogens is 2. The standard InChI is InChI=1S/C15H16Br2N2O2/c1-9-12(4-5-14(17)19-9)18-8-10-6-11(16)15(21-3)13(7-10)20-2/h4-7,18H,8H2,1-3H3. The number of benzene rings is 1. The fourth-order valence-electron chi connectivity index (χ4n) is 1.99. The van der Waals surface area contributed by atoms with E-state index in [1.165, 1.54) is 0 Å². The molecule has 1 aromatic heterocycles. The van der Waals surface area contributed by atoms with Crippen molar-refractivity contribution in [2.24, 2.45) is 0 Å². The van der Waals surface area contributed by atoms with E-state index in [4.69, 9.17) is 9.47 Å². The minimum absolute atomic E-state index is 0.670. The number of rotatable bonds is 5. The highest BCUT2D eigenvalue weighted by molar-refractivity contribution is 9.10. The van der Waals surface area contributed by atoms with Crippen molar-refractivity contribution in [2.45, 2.75) is 13.5 Å². The number of hydrogen-bond donors (Lipinski definition) is 1. The Bertz CT molecular complexity index is 648. The Morgan fingerprint density at radius 3 is 2.52 bits per heavy atom. The van der Waals surface area contributed by atoms with Crippen molar-refractivity contribution in [1.82, 2.24) is 4.98 Å². The van der Waals surface area contributed by atoms with Gasteiger partial charge in [-0.25, -0.2) is 4.98 Å². The van der Waals surface area contributed by atoms with E-state index >= 15 is 0 Å². The molecule has 2 rings (SSSR count). The first-order valence-corrected chi connectivity index (χ1v) is 7.91. The normalized spacial score (nSPS) is 10.3. The van der Waals surface area contributed by atoms with Gasteiger partial charge in [-0.3, -0.25) is 0 Å². The van der Waals surface area contributed by atoms with Gasteiger partial charge in [0.05, 0.1) is 30.1 Å². The third-order valence-electron chi connectivity index (χ3n) is 3.03. The Morgan fingerprint density at radius 2 is 1.90 bits per heavy atom. The quantitative estimate of drug-likeness (QED) is 0.727. The molecule has 21 heavy (non-hydrogen) atoms. The summed E-state index contributed by atoms with van der Waals surface area (Å²) in [7, 11) is 3.25. The van der Waals surface area contributed by atoms with Crippen molar-refractivity contribution in [3.63, 3.8) is 0 Å². The second kappa shape index (κ2) is 7.13. The molecule has 0 fully saturated rings. The average Bonchev–Trinajstić information content (AvgIpc) is 2.45. The Balaban J connectivity index is 2.18. The van der Waals surface area contributed by atoms with Crippen LogP contribution in [0.5, 0.6) is 11.5 Å². The van der Waals surface area contributed by atoms with Gasteiger partial charge in [0.2, 0.25) is 0 Å². The number of ether oxygens (including phenoxy) is 2. The summed E-state index contributed by atoms with van der Waals surface area (Å²) in [4.78, 5) is 4.36. The van der Waals surface area contributed by atoms with Crippen LogP contribution in [0.4, 0.5) is 5.69 Å². The number of nitrogens with zero attached hydrogens (tertiary/aromatic N) is 1. The lowest BCUT2D eigenvalue weighted by molar-refractivity contribution is 0.352. The summed E-state index contributed by atoms with van der Waals surface area (Å²) in [5.41, 5.74) is 3.04. The van der Waals surface area contributed by atoms with Crippen LogP contribution in [0.3, 0.4) is 0 Å². The van der Waals surface area contributed by atoms with Crippen LogP contribution >= 0.6 is 31.9 Å². The van der Waals surface area contributed by atoms with Gasteiger partial charge in [0.1, 0.15) is 4.60 Å². The van der Waals surface area contributed by atoms with Crippen LogP contribution in [-0.2, 0) is 6.54 Å². The minimum Gasteiger partial charge on any atom is -0.493 e. The minimum atomic E-state index is 0.670. The molecule has 0 saturated heterocycles. The highest BCUT2D eigenvalue weighted by atomic mass is 79.9. The summed E-state index contributed by atoms with van der Waals surface area (Å²) in [5, 5.41) is 3.37. The summed E-state index contributed by atoms with van der Waals surface area (Å²) in [6.45, 7) is 2.64. The van der Waals surface area contributed by atoms with Gasteiger partial charge in [-0.1, -0.05) is 0 Å². The smallest absolute Gasteiger partial charge is 0.174 e. The van der Waals surface area contributed by atoms with Gasteiger partial charge < -0.3 is 14.8 Å². The topological polar surface area (TPSA) is 43.4 Å². The zero-order chi connectivity index (χ0) is 15.4. The molecule has 0 atom stereocenters. The van der Waals surface area contributed by atoms with Crippen LogP contribution in [0, 0.1) is 6.92 Å². The number of aromatic nitrogens is 1. The Kier molecular flexibility index (Phi) is 5.47. The summed E-state index contributed by atoms with van der Waals surface area (Å²) in [6.07, 6.45) is 0. The van der Waals surface area contributed by atoms with Gasteiger partial charge in [-0.2, -0.15) is 0 Å². The lowest BCUT2D eigenvalue weighted by Crippen LogP contribution is -2.03. The molecule has 1 N–H and O–H groups in total. The van der Waals surface area contributed by atoms with Crippen LogP contribution in [0.2, 0.25) is 0 Å². The maximum Gasteiger partial charge on any atom is 0.174 e. The first-order valence-electron chi connectivity index (χ1n) is 6.32. The number of hydrogen-bond acceptors (Lipinski definition) is 4. The van der Waals surface area contributed by atoms with Crippen molar-refractivity contribution in [1.29, 1.82) is 0 Å². The molecule has 0 aliphatic rings. The predicted molar refractivity (Wildman–Crippen MR) is 91.2 cm³/mol. The van der Waals surface area contributed by atoms with E-state index in [0.29, 0.717) is 18.0 Å². The van der Waals surface area contributed by atoms with Gasteiger partial charge in [-0.15, -0.1) is 0 Å². The maximum atomic E-state index is 5.35. The molecule has 0 aliphatic heterocycles. The summed E-state index contributed by atoms with van der Waals surface area (Å²) < 4.78 is 12.4. The zero-order valence-electron chi connectivity index (χ0n) is 12.0. The van der Waals surface area contributed by atoms with Crippen molar-refractivity contribution in [3.8, 4) is 11.5 Å². The molecule has 1 aromatic carbocycles. The molecule has 4 nitrogen and oxygen atoms in total. The third kappa shape index (κ3) is 3.89. The van der Waals surface area contributed by atoms with E-state index in [1.54, 1.807) is 14.2 Å². The van der Waals surface area contributed by atoms with Crippen LogP contribution in [-0.4, -0.2) is 19.2 Å². The van der Waals surface area contributed by atoms with E-state index in [9.17, 15) is 0 Å². The van der Waals surface area contributed by atoms with Gasteiger partial charge in [-0.05, 0) is 68.6 Å². The Morgan fingerprint density at radius 1 is 1.14 bits per heavy atom. The number of anilines is 1. The molecule has 0 amide bonds. The molecule has 6 heteroatoms. The fraction of sp³-hybridized carbons (Fsp3) is 0.267. The average molecular weight is 416 g/mol. The van der Waals surface area contributed by atoms with Crippen LogP contribution < -0.4 is 14.8 Å². The summed E-state index contributed by atoms with van der Waals surface area (Å²) in [6, 6.07) is 7.89. The molecular weight excluding hydrogens is 400 g/mol. The highest BCUT2D eigenvalue weighted by Gasteiger charge is 2.10. The van der Waals surface area contributed by atoms with E-state index in [1.807, 2.05) is 31.2 Å². The Hall–Kier alpha value is -1.27. The van der Waals surface area contributed by atoms with Gasteiger partial charge >= 0.3 is 0 Å². The van der Waals surface area contributed by atoms with Crippen LogP contribution in [0.25, 0.3) is 0 Å². The van der Waals surface area contributed by atoms with Crippen LogP contribution in [0.15, 0.2) is 33.3 Å². The molecule has 0 spiro atoms. The molecule has 0 bridgehead atoms. The number of aryl methyl sites for hydroxylation is 1. The summed E-state index contributed by atoms with van der Waals surface area (Å²) >= 11 is 6.86. The molecule has 1 heterocycles.